The first kappa shape index (κ1) is 14.0. The summed E-state index contributed by atoms with van der Waals surface area (Å²) in [5, 5.41) is 7.91. The Morgan fingerprint density at radius 3 is 3.00 bits per heavy atom. The van der Waals surface area contributed by atoms with Gasteiger partial charge in [-0.15, -0.1) is 0 Å². The second-order valence-corrected chi connectivity index (χ2v) is 5.66. The zero-order valence-electron chi connectivity index (χ0n) is 12.8. The minimum absolute atomic E-state index is 0.478. The zero-order chi connectivity index (χ0) is 15.5. The smallest absolute Gasteiger partial charge is 0.130 e. The summed E-state index contributed by atoms with van der Waals surface area (Å²) in [5.74, 6) is 0.856. The second-order valence-electron chi connectivity index (χ2n) is 5.66. The number of fused-ring (bicyclic) bond motifs is 1. The van der Waals surface area contributed by atoms with Crippen LogP contribution in [-0.4, -0.2) is 14.8 Å². The van der Waals surface area contributed by atoms with Crippen LogP contribution < -0.4 is 10.1 Å². The van der Waals surface area contributed by atoms with Crippen molar-refractivity contribution in [2.45, 2.75) is 26.2 Å². The van der Waals surface area contributed by atoms with Gasteiger partial charge in [-0.3, -0.25) is 9.67 Å². The molecule has 0 atom stereocenters. The van der Waals surface area contributed by atoms with Crippen molar-refractivity contribution >= 4 is 0 Å². The summed E-state index contributed by atoms with van der Waals surface area (Å²) in [7, 11) is 0. The Labute approximate surface area is 134 Å². The molecule has 23 heavy (non-hydrogen) atoms. The highest BCUT2D eigenvalue weighted by molar-refractivity contribution is 5.29. The number of hydrogen-bond donors (Lipinski definition) is 1. The van der Waals surface area contributed by atoms with E-state index in [-0.39, 0.29) is 0 Å². The molecule has 0 spiro atoms. The summed E-state index contributed by atoms with van der Waals surface area (Å²) < 4.78 is 7.83. The van der Waals surface area contributed by atoms with Gasteiger partial charge in [0.2, 0.25) is 0 Å². The minimum atomic E-state index is 0.478. The summed E-state index contributed by atoms with van der Waals surface area (Å²) in [6, 6.07) is 14.0. The fraction of sp³-hybridized carbons (Fsp3) is 0.222. The van der Waals surface area contributed by atoms with Gasteiger partial charge in [0.05, 0.1) is 17.9 Å². The van der Waals surface area contributed by atoms with Gasteiger partial charge in [0.25, 0.3) is 0 Å². The monoisotopic (exact) mass is 306 g/mol. The molecule has 3 heterocycles. The van der Waals surface area contributed by atoms with E-state index in [0.29, 0.717) is 6.61 Å². The maximum Gasteiger partial charge on any atom is 0.130 e. The molecule has 0 amide bonds. The number of ether oxygens (including phenoxy) is 1. The highest BCUT2D eigenvalue weighted by atomic mass is 16.5. The molecule has 2 aromatic heterocycles. The average molecular weight is 306 g/mol. The van der Waals surface area contributed by atoms with Gasteiger partial charge in [0.15, 0.2) is 0 Å². The number of aromatic nitrogens is 3. The molecule has 1 aliphatic heterocycles. The zero-order valence-corrected chi connectivity index (χ0v) is 12.8. The first-order chi connectivity index (χ1) is 11.4. The lowest BCUT2D eigenvalue weighted by atomic mass is 10.2. The maximum absolute atomic E-state index is 5.83. The Balaban J connectivity index is 1.43. The molecule has 0 aliphatic carbocycles. The molecule has 1 aliphatic rings. The maximum atomic E-state index is 5.83. The van der Waals surface area contributed by atoms with Gasteiger partial charge in [-0.1, -0.05) is 18.2 Å². The summed E-state index contributed by atoms with van der Waals surface area (Å²) in [6.07, 6.45) is 3.90. The predicted molar refractivity (Wildman–Crippen MR) is 86.9 cm³/mol. The number of pyridine rings is 1. The molecule has 0 saturated heterocycles. The van der Waals surface area contributed by atoms with Crippen molar-refractivity contribution in [3.63, 3.8) is 0 Å². The van der Waals surface area contributed by atoms with Crippen molar-refractivity contribution in [1.29, 1.82) is 0 Å². The van der Waals surface area contributed by atoms with Crippen molar-refractivity contribution in [2.75, 3.05) is 0 Å². The summed E-state index contributed by atoms with van der Waals surface area (Å²) in [6.45, 7) is 3.03. The van der Waals surface area contributed by atoms with Crippen LogP contribution in [0.15, 0.2) is 54.9 Å². The SMILES string of the molecule is c1ccc(COc2cccc(Cn3cc4c(n3)CNC4)c2)nc1. The van der Waals surface area contributed by atoms with Gasteiger partial charge in [-0.05, 0) is 29.8 Å². The van der Waals surface area contributed by atoms with Crippen molar-refractivity contribution in [3.05, 3.63) is 77.4 Å². The van der Waals surface area contributed by atoms with E-state index >= 15 is 0 Å². The largest absolute Gasteiger partial charge is 0.487 e. The van der Waals surface area contributed by atoms with Gasteiger partial charge in [0.1, 0.15) is 12.4 Å². The number of nitrogens with zero attached hydrogens (tertiary/aromatic N) is 3. The lowest BCUT2D eigenvalue weighted by molar-refractivity contribution is 0.301. The van der Waals surface area contributed by atoms with Crippen LogP contribution in [0.25, 0.3) is 0 Å². The quantitative estimate of drug-likeness (QED) is 0.787. The Morgan fingerprint density at radius 1 is 1.13 bits per heavy atom. The summed E-state index contributed by atoms with van der Waals surface area (Å²) in [4.78, 5) is 4.27. The first-order valence-electron chi connectivity index (χ1n) is 7.74. The van der Waals surface area contributed by atoms with Crippen LogP contribution in [0.2, 0.25) is 0 Å². The third-order valence-corrected chi connectivity index (χ3v) is 3.89. The van der Waals surface area contributed by atoms with Gasteiger partial charge >= 0.3 is 0 Å². The lowest BCUT2D eigenvalue weighted by Gasteiger charge is -2.08. The molecule has 0 fully saturated rings. The van der Waals surface area contributed by atoms with Crippen LogP contribution in [0.5, 0.6) is 5.75 Å². The van der Waals surface area contributed by atoms with E-state index in [9.17, 15) is 0 Å². The van der Waals surface area contributed by atoms with Crippen molar-refractivity contribution in [3.8, 4) is 5.75 Å². The van der Waals surface area contributed by atoms with E-state index in [1.54, 1.807) is 6.20 Å². The summed E-state index contributed by atoms with van der Waals surface area (Å²) >= 11 is 0. The number of rotatable bonds is 5. The van der Waals surface area contributed by atoms with Crippen LogP contribution in [0.4, 0.5) is 0 Å². The average Bonchev–Trinajstić information content (AvgIpc) is 3.16. The van der Waals surface area contributed by atoms with E-state index in [2.05, 4.69) is 33.7 Å². The Kier molecular flexibility index (Phi) is 3.78. The van der Waals surface area contributed by atoms with Gasteiger partial charge in [-0.25, -0.2) is 0 Å². The molecule has 4 rings (SSSR count). The van der Waals surface area contributed by atoms with Gasteiger partial charge < -0.3 is 10.1 Å². The van der Waals surface area contributed by atoms with Crippen molar-refractivity contribution < 1.29 is 4.74 Å². The normalized spacial score (nSPS) is 13.0. The van der Waals surface area contributed by atoms with E-state index in [4.69, 9.17) is 4.74 Å². The van der Waals surface area contributed by atoms with Gasteiger partial charge in [0, 0.05) is 31.0 Å². The molecule has 1 aromatic carbocycles. The van der Waals surface area contributed by atoms with Crippen LogP contribution in [0.3, 0.4) is 0 Å². The molecule has 0 radical (unpaired) electrons. The van der Waals surface area contributed by atoms with Crippen LogP contribution in [0, 0.1) is 0 Å². The molecule has 0 unspecified atom stereocenters. The number of hydrogen-bond acceptors (Lipinski definition) is 4. The summed E-state index contributed by atoms with van der Waals surface area (Å²) in [5.41, 5.74) is 4.56. The molecule has 3 aromatic rings. The highest BCUT2D eigenvalue weighted by Gasteiger charge is 2.14. The van der Waals surface area contributed by atoms with Crippen molar-refractivity contribution in [1.82, 2.24) is 20.1 Å². The molecule has 0 saturated carbocycles. The second kappa shape index (κ2) is 6.22. The fourth-order valence-electron chi connectivity index (χ4n) is 2.76. The molecule has 116 valence electrons. The van der Waals surface area contributed by atoms with Crippen molar-refractivity contribution in [2.24, 2.45) is 0 Å². The molecule has 5 heteroatoms. The Bertz CT molecular complexity index is 776. The third kappa shape index (κ3) is 3.24. The molecule has 0 bridgehead atoms. The van der Waals surface area contributed by atoms with Crippen LogP contribution in [-0.2, 0) is 26.2 Å². The molecule has 5 nitrogen and oxygen atoms in total. The van der Waals surface area contributed by atoms with E-state index < -0.39 is 0 Å². The Hall–Kier alpha value is -2.66. The topological polar surface area (TPSA) is 52.0 Å². The number of benzene rings is 1. The molecular weight excluding hydrogens is 288 g/mol. The molecule has 1 N–H and O–H groups in total. The minimum Gasteiger partial charge on any atom is -0.487 e. The lowest BCUT2D eigenvalue weighted by Crippen LogP contribution is -2.07. The van der Waals surface area contributed by atoms with Crippen LogP contribution in [0.1, 0.15) is 22.5 Å². The number of nitrogens with one attached hydrogen (secondary N) is 1. The van der Waals surface area contributed by atoms with E-state index in [0.717, 1.165) is 36.8 Å². The predicted octanol–water partition coefficient (Wildman–Crippen LogP) is 2.51. The highest BCUT2D eigenvalue weighted by Crippen LogP contribution is 2.17. The van der Waals surface area contributed by atoms with E-state index in [1.165, 1.54) is 11.1 Å². The Morgan fingerprint density at radius 2 is 2.13 bits per heavy atom. The first-order valence-corrected chi connectivity index (χ1v) is 7.74. The van der Waals surface area contributed by atoms with Gasteiger partial charge in [-0.2, -0.15) is 5.10 Å². The van der Waals surface area contributed by atoms with E-state index in [1.807, 2.05) is 35.0 Å². The molecular formula is C18H18N4O. The standard InChI is InChI=1S/C18H18N4O/c1-2-7-20-16(5-1)13-23-17-6-3-4-14(8-17)11-22-12-15-9-19-10-18(15)21-22/h1-8,12,19H,9-11,13H2. The fourth-order valence-corrected chi connectivity index (χ4v) is 2.76. The third-order valence-electron chi connectivity index (χ3n) is 3.89. The van der Waals surface area contributed by atoms with Crippen LogP contribution >= 0.6 is 0 Å².